The smallest absolute Gasteiger partial charge is 0.299 e. The molecule has 0 saturated heterocycles. The molecule has 1 heterocycles. The number of oxazole rings is 1. The number of anilines is 2. The Morgan fingerprint density at radius 1 is 0.950 bits per heavy atom. The van der Waals surface area contributed by atoms with Crippen LogP contribution in [0.3, 0.4) is 0 Å². The maximum absolute atomic E-state index is 5.94. The van der Waals surface area contributed by atoms with Crippen LogP contribution >= 0.6 is 23.2 Å². The molecule has 20 heavy (non-hydrogen) atoms. The predicted molar refractivity (Wildman–Crippen MR) is 81.7 cm³/mol. The lowest BCUT2D eigenvalue weighted by Crippen LogP contribution is -1.89. The van der Waals surface area contributed by atoms with Gasteiger partial charge in [0.15, 0.2) is 5.76 Å². The second-order valence-electron chi connectivity index (χ2n) is 4.18. The largest absolute Gasteiger partial charge is 0.423 e. The van der Waals surface area contributed by atoms with Crippen LogP contribution in [0.5, 0.6) is 0 Å². The van der Waals surface area contributed by atoms with Crippen molar-refractivity contribution in [3.8, 4) is 11.3 Å². The molecule has 0 unspecified atom stereocenters. The Morgan fingerprint density at radius 3 is 2.35 bits per heavy atom. The van der Waals surface area contributed by atoms with Gasteiger partial charge in [-0.15, -0.1) is 0 Å². The lowest BCUT2D eigenvalue weighted by molar-refractivity contribution is 0.592. The summed E-state index contributed by atoms with van der Waals surface area (Å²) in [7, 11) is 0. The van der Waals surface area contributed by atoms with Crippen LogP contribution in [0, 0.1) is 0 Å². The molecule has 0 aliphatic heterocycles. The molecule has 2 aromatic carbocycles. The quantitative estimate of drug-likeness (QED) is 0.704. The van der Waals surface area contributed by atoms with Gasteiger partial charge in [0.05, 0.1) is 6.20 Å². The maximum Gasteiger partial charge on any atom is 0.299 e. The second kappa shape index (κ2) is 5.57. The van der Waals surface area contributed by atoms with Gasteiger partial charge in [-0.05, 0) is 18.2 Å². The molecule has 0 aliphatic carbocycles. The number of halogens is 2. The van der Waals surface area contributed by atoms with Crippen molar-refractivity contribution in [1.29, 1.82) is 0 Å². The van der Waals surface area contributed by atoms with E-state index in [-0.39, 0.29) is 0 Å². The average molecular weight is 305 g/mol. The lowest BCUT2D eigenvalue weighted by atomic mass is 10.2. The molecule has 0 atom stereocenters. The number of aromatic nitrogens is 1. The number of rotatable bonds is 3. The van der Waals surface area contributed by atoms with E-state index < -0.39 is 0 Å². The minimum absolute atomic E-state index is 0.391. The van der Waals surface area contributed by atoms with Crippen LogP contribution in [-0.4, -0.2) is 4.98 Å². The van der Waals surface area contributed by atoms with Crippen molar-refractivity contribution >= 4 is 34.9 Å². The molecule has 1 aromatic heterocycles. The summed E-state index contributed by atoms with van der Waals surface area (Å²) in [5.41, 5.74) is 1.70. The zero-order chi connectivity index (χ0) is 13.9. The average Bonchev–Trinajstić information content (AvgIpc) is 2.87. The van der Waals surface area contributed by atoms with E-state index in [0.29, 0.717) is 21.8 Å². The first kappa shape index (κ1) is 13.0. The number of nitrogens with one attached hydrogen (secondary N) is 1. The van der Waals surface area contributed by atoms with Gasteiger partial charge in [-0.25, -0.2) is 4.98 Å². The molecule has 0 bridgehead atoms. The minimum atomic E-state index is 0.391. The van der Waals surface area contributed by atoms with Crippen LogP contribution < -0.4 is 5.32 Å². The van der Waals surface area contributed by atoms with Gasteiger partial charge in [0, 0.05) is 21.3 Å². The third kappa shape index (κ3) is 2.95. The summed E-state index contributed by atoms with van der Waals surface area (Å²) >= 11 is 11.9. The van der Waals surface area contributed by atoms with Crippen molar-refractivity contribution in [2.24, 2.45) is 0 Å². The van der Waals surface area contributed by atoms with Gasteiger partial charge in [-0.3, -0.25) is 0 Å². The molecular weight excluding hydrogens is 295 g/mol. The Hall–Kier alpha value is -1.97. The highest BCUT2D eigenvalue weighted by molar-refractivity contribution is 6.35. The third-order valence-electron chi connectivity index (χ3n) is 2.68. The summed E-state index contributed by atoms with van der Waals surface area (Å²) in [5, 5.41) is 4.13. The minimum Gasteiger partial charge on any atom is -0.423 e. The molecule has 0 aliphatic rings. The van der Waals surface area contributed by atoms with E-state index in [9.17, 15) is 0 Å². The molecule has 0 saturated carbocycles. The van der Waals surface area contributed by atoms with Gasteiger partial charge in [0.2, 0.25) is 0 Å². The van der Waals surface area contributed by atoms with Crippen LogP contribution in [-0.2, 0) is 0 Å². The molecule has 0 spiro atoms. The Morgan fingerprint density at radius 2 is 1.65 bits per heavy atom. The Kier molecular flexibility index (Phi) is 3.63. The van der Waals surface area contributed by atoms with Crippen LogP contribution in [0.2, 0.25) is 10.0 Å². The fourth-order valence-electron chi connectivity index (χ4n) is 1.82. The summed E-state index contributed by atoms with van der Waals surface area (Å²) in [5.74, 6) is 0.696. The van der Waals surface area contributed by atoms with Crippen molar-refractivity contribution in [3.63, 3.8) is 0 Å². The number of benzene rings is 2. The van der Waals surface area contributed by atoms with E-state index >= 15 is 0 Å². The molecule has 0 radical (unpaired) electrons. The molecule has 5 heteroatoms. The topological polar surface area (TPSA) is 38.1 Å². The first-order valence-corrected chi connectivity index (χ1v) is 6.71. The van der Waals surface area contributed by atoms with Crippen LogP contribution in [0.4, 0.5) is 11.7 Å². The van der Waals surface area contributed by atoms with Gasteiger partial charge in [0.25, 0.3) is 6.01 Å². The third-order valence-corrected chi connectivity index (χ3v) is 3.11. The summed E-state index contributed by atoms with van der Waals surface area (Å²) in [6.07, 6.45) is 1.67. The molecule has 100 valence electrons. The summed E-state index contributed by atoms with van der Waals surface area (Å²) in [4.78, 5) is 4.18. The SMILES string of the molecule is Clc1cc(Cl)cc(Nc2ncc(-c3ccccc3)o2)c1. The van der Waals surface area contributed by atoms with E-state index in [0.717, 1.165) is 11.3 Å². The number of hydrogen-bond acceptors (Lipinski definition) is 3. The van der Waals surface area contributed by atoms with Crippen molar-refractivity contribution < 1.29 is 4.42 Å². The normalized spacial score (nSPS) is 10.5. The number of hydrogen-bond donors (Lipinski definition) is 1. The van der Waals surface area contributed by atoms with Gasteiger partial charge < -0.3 is 9.73 Å². The summed E-state index contributed by atoms with van der Waals surface area (Å²) < 4.78 is 5.64. The first-order chi connectivity index (χ1) is 9.70. The van der Waals surface area contributed by atoms with Crippen LogP contribution in [0.1, 0.15) is 0 Å². The molecule has 3 aromatic rings. The summed E-state index contributed by atoms with van der Waals surface area (Å²) in [6, 6.07) is 15.3. The van der Waals surface area contributed by atoms with Crippen LogP contribution in [0.25, 0.3) is 11.3 Å². The molecular formula is C15H10Cl2N2O. The zero-order valence-electron chi connectivity index (χ0n) is 10.3. The van der Waals surface area contributed by atoms with Crippen molar-refractivity contribution in [3.05, 3.63) is 64.8 Å². The van der Waals surface area contributed by atoms with E-state index in [1.54, 1.807) is 24.4 Å². The van der Waals surface area contributed by atoms with Gasteiger partial charge in [-0.1, -0.05) is 53.5 Å². The van der Waals surface area contributed by atoms with Crippen molar-refractivity contribution in [2.45, 2.75) is 0 Å². The zero-order valence-corrected chi connectivity index (χ0v) is 11.8. The van der Waals surface area contributed by atoms with Crippen LogP contribution in [0.15, 0.2) is 59.1 Å². The standard InChI is InChI=1S/C15H10Cl2N2O/c16-11-6-12(17)8-13(7-11)19-15-18-9-14(20-15)10-4-2-1-3-5-10/h1-9H,(H,18,19). The van der Waals surface area contributed by atoms with E-state index in [2.05, 4.69) is 10.3 Å². The molecule has 3 rings (SSSR count). The van der Waals surface area contributed by atoms with E-state index in [1.807, 2.05) is 30.3 Å². The molecule has 0 amide bonds. The Balaban J connectivity index is 1.84. The van der Waals surface area contributed by atoms with Crippen molar-refractivity contribution in [1.82, 2.24) is 4.98 Å². The maximum atomic E-state index is 5.94. The first-order valence-electron chi connectivity index (χ1n) is 5.95. The lowest BCUT2D eigenvalue weighted by Gasteiger charge is -2.03. The highest BCUT2D eigenvalue weighted by Gasteiger charge is 2.07. The Bertz CT molecular complexity index is 705. The molecule has 0 fully saturated rings. The fourth-order valence-corrected chi connectivity index (χ4v) is 2.34. The highest BCUT2D eigenvalue weighted by atomic mass is 35.5. The Labute approximate surface area is 126 Å². The second-order valence-corrected chi connectivity index (χ2v) is 5.05. The van der Waals surface area contributed by atoms with E-state index in [4.69, 9.17) is 27.6 Å². The predicted octanol–water partition coefficient (Wildman–Crippen LogP) is 5.39. The highest BCUT2D eigenvalue weighted by Crippen LogP contribution is 2.27. The molecule has 1 N–H and O–H groups in total. The fraction of sp³-hybridized carbons (Fsp3) is 0. The van der Waals surface area contributed by atoms with Gasteiger partial charge in [-0.2, -0.15) is 0 Å². The molecule has 3 nitrogen and oxygen atoms in total. The van der Waals surface area contributed by atoms with Gasteiger partial charge >= 0.3 is 0 Å². The number of nitrogens with zero attached hydrogens (tertiary/aromatic N) is 1. The summed E-state index contributed by atoms with van der Waals surface area (Å²) in [6.45, 7) is 0. The van der Waals surface area contributed by atoms with Gasteiger partial charge in [0.1, 0.15) is 0 Å². The van der Waals surface area contributed by atoms with Crippen molar-refractivity contribution in [2.75, 3.05) is 5.32 Å². The van der Waals surface area contributed by atoms with E-state index in [1.165, 1.54) is 0 Å². The monoisotopic (exact) mass is 304 g/mol.